The smallest absolute Gasteiger partial charge is 0.000823 e. The van der Waals surface area contributed by atoms with Gasteiger partial charge in [0.25, 0.3) is 0 Å². The first-order valence-corrected chi connectivity index (χ1v) is 5.61. The van der Waals surface area contributed by atoms with E-state index in [1.165, 1.54) is 30.5 Å². The third-order valence-corrected chi connectivity index (χ3v) is 2.80. The Hall–Kier alpha value is -0.820. The molecule has 0 heterocycles. The van der Waals surface area contributed by atoms with Crippen LogP contribution in [0.15, 0.2) is 24.3 Å². The van der Waals surface area contributed by atoms with Crippen LogP contribution in [0.4, 0.5) is 0 Å². The van der Waals surface area contributed by atoms with E-state index >= 15 is 0 Å². The molecule has 0 saturated heterocycles. The lowest BCUT2D eigenvalue weighted by Gasteiger charge is -2.04. The Labute approximate surface area is 86.5 Å². The van der Waals surface area contributed by atoms with Gasteiger partial charge in [-0.2, -0.15) is 0 Å². The number of rotatable bonds is 5. The van der Waals surface area contributed by atoms with Crippen LogP contribution in [-0.2, 0) is 6.42 Å². The van der Waals surface area contributed by atoms with Crippen molar-refractivity contribution in [3.8, 4) is 0 Å². The monoisotopic (exact) mass is 189 g/mol. The summed E-state index contributed by atoms with van der Waals surface area (Å²) >= 11 is 0. The van der Waals surface area contributed by atoms with Gasteiger partial charge in [-0.3, -0.25) is 0 Å². The van der Waals surface area contributed by atoms with Crippen molar-refractivity contribution in [1.29, 1.82) is 0 Å². The number of hydrogen-bond acceptors (Lipinski definition) is 1. The Bertz CT molecular complexity index is 289. The highest BCUT2D eigenvalue weighted by atomic mass is 14.9. The maximum absolute atomic E-state index is 3.52. The van der Waals surface area contributed by atoms with Crippen molar-refractivity contribution in [3.63, 3.8) is 0 Å². The second-order valence-corrected chi connectivity index (χ2v) is 4.39. The van der Waals surface area contributed by atoms with Gasteiger partial charge < -0.3 is 5.32 Å². The molecule has 2 rings (SSSR count). The second-order valence-electron chi connectivity index (χ2n) is 4.39. The molecule has 0 radical (unpaired) electrons. The first-order valence-electron chi connectivity index (χ1n) is 5.61. The average molecular weight is 189 g/mol. The largest absolute Gasteiger partial charge is 0.316 e. The maximum Gasteiger partial charge on any atom is -0.000823 e. The molecule has 0 unspecified atom stereocenters. The molecule has 1 aromatic carbocycles. The van der Waals surface area contributed by atoms with E-state index in [1.54, 1.807) is 0 Å². The fourth-order valence-electron chi connectivity index (χ4n) is 1.73. The van der Waals surface area contributed by atoms with E-state index < -0.39 is 0 Å². The summed E-state index contributed by atoms with van der Waals surface area (Å²) < 4.78 is 0. The van der Waals surface area contributed by atoms with Crippen molar-refractivity contribution in [2.45, 2.75) is 26.2 Å². The summed E-state index contributed by atoms with van der Waals surface area (Å²) in [7, 11) is 0. The Morgan fingerprint density at radius 3 is 2.93 bits per heavy atom. The van der Waals surface area contributed by atoms with Gasteiger partial charge in [0.05, 0.1) is 0 Å². The van der Waals surface area contributed by atoms with Crippen LogP contribution in [0.2, 0.25) is 0 Å². The van der Waals surface area contributed by atoms with Crippen LogP contribution in [0.5, 0.6) is 0 Å². The van der Waals surface area contributed by atoms with Crippen molar-refractivity contribution in [1.82, 2.24) is 5.32 Å². The molecule has 1 nitrogen and oxygen atoms in total. The molecule has 1 aliphatic rings. The first kappa shape index (κ1) is 9.72. The van der Waals surface area contributed by atoms with Crippen LogP contribution < -0.4 is 5.32 Å². The van der Waals surface area contributed by atoms with E-state index in [1.807, 2.05) is 0 Å². The Morgan fingerprint density at radius 2 is 2.21 bits per heavy atom. The molecule has 0 bridgehead atoms. The molecule has 1 aromatic rings. The summed E-state index contributed by atoms with van der Waals surface area (Å²) in [6.45, 7) is 4.51. The van der Waals surface area contributed by atoms with Crippen molar-refractivity contribution in [3.05, 3.63) is 35.4 Å². The minimum Gasteiger partial charge on any atom is -0.316 e. The molecule has 76 valence electrons. The summed E-state index contributed by atoms with van der Waals surface area (Å²) in [5.41, 5.74) is 2.82. The molecular formula is C13H19N. The van der Waals surface area contributed by atoms with Crippen molar-refractivity contribution < 1.29 is 0 Å². The quantitative estimate of drug-likeness (QED) is 0.702. The highest BCUT2D eigenvalue weighted by Gasteiger charge is 2.19. The maximum atomic E-state index is 3.52. The van der Waals surface area contributed by atoms with Gasteiger partial charge in [-0.1, -0.05) is 29.8 Å². The topological polar surface area (TPSA) is 12.0 Å². The molecule has 0 atom stereocenters. The molecule has 1 saturated carbocycles. The normalized spacial score (nSPS) is 15.8. The lowest BCUT2D eigenvalue weighted by atomic mass is 10.1. The Morgan fingerprint density at radius 1 is 1.36 bits per heavy atom. The van der Waals surface area contributed by atoms with Crippen molar-refractivity contribution in [2.24, 2.45) is 5.92 Å². The number of hydrogen-bond donors (Lipinski definition) is 1. The predicted octanol–water partition coefficient (Wildman–Crippen LogP) is 2.54. The lowest BCUT2D eigenvalue weighted by Crippen LogP contribution is -2.19. The Balaban J connectivity index is 1.68. The van der Waals surface area contributed by atoms with Crippen LogP contribution in [0, 0.1) is 12.8 Å². The zero-order valence-corrected chi connectivity index (χ0v) is 8.92. The second kappa shape index (κ2) is 4.61. The van der Waals surface area contributed by atoms with Gasteiger partial charge in [-0.25, -0.2) is 0 Å². The van der Waals surface area contributed by atoms with E-state index in [0.29, 0.717) is 0 Å². The SMILES string of the molecule is Cc1cccc(CCNCC2CC2)c1. The number of aryl methyl sites for hydroxylation is 1. The van der Waals surface area contributed by atoms with Gasteiger partial charge >= 0.3 is 0 Å². The van der Waals surface area contributed by atoms with Gasteiger partial charge in [-0.05, 0) is 50.8 Å². The highest BCUT2D eigenvalue weighted by Crippen LogP contribution is 2.27. The minimum atomic E-state index is 0.993. The molecule has 0 aromatic heterocycles. The van der Waals surface area contributed by atoms with Crippen LogP contribution in [0.3, 0.4) is 0 Å². The van der Waals surface area contributed by atoms with Gasteiger partial charge in [0, 0.05) is 0 Å². The molecular weight excluding hydrogens is 170 g/mol. The minimum absolute atomic E-state index is 0.993. The van der Waals surface area contributed by atoms with Gasteiger partial charge in [0.1, 0.15) is 0 Å². The predicted molar refractivity (Wildman–Crippen MR) is 60.5 cm³/mol. The molecule has 0 aliphatic heterocycles. The van der Waals surface area contributed by atoms with Crippen LogP contribution in [0.25, 0.3) is 0 Å². The summed E-state index contributed by atoms with van der Waals surface area (Å²) in [6, 6.07) is 8.79. The zero-order valence-electron chi connectivity index (χ0n) is 8.92. The van der Waals surface area contributed by atoms with Gasteiger partial charge in [0.2, 0.25) is 0 Å². The lowest BCUT2D eigenvalue weighted by molar-refractivity contribution is 0.637. The fourth-order valence-corrected chi connectivity index (χ4v) is 1.73. The van der Waals surface area contributed by atoms with Crippen molar-refractivity contribution in [2.75, 3.05) is 13.1 Å². The molecule has 1 N–H and O–H groups in total. The van der Waals surface area contributed by atoms with Gasteiger partial charge in [0.15, 0.2) is 0 Å². The molecule has 14 heavy (non-hydrogen) atoms. The Kier molecular flexibility index (Phi) is 3.20. The molecule has 0 spiro atoms. The number of nitrogens with one attached hydrogen (secondary N) is 1. The average Bonchev–Trinajstić information content (AvgIpc) is 2.96. The van der Waals surface area contributed by atoms with E-state index in [9.17, 15) is 0 Å². The van der Waals surface area contributed by atoms with Crippen LogP contribution >= 0.6 is 0 Å². The fraction of sp³-hybridized carbons (Fsp3) is 0.538. The van der Waals surface area contributed by atoms with E-state index in [0.717, 1.165) is 18.9 Å². The molecule has 0 amide bonds. The number of benzene rings is 1. The van der Waals surface area contributed by atoms with E-state index in [-0.39, 0.29) is 0 Å². The van der Waals surface area contributed by atoms with Crippen molar-refractivity contribution >= 4 is 0 Å². The van der Waals surface area contributed by atoms with Gasteiger partial charge in [-0.15, -0.1) is 0 Å². The van der Waals surface area contributed by atoms with Crippen LogP contribution in [0.1, 0.15) is 24.0 Å². The summed E-state index contributed by atoms with van der Waals surface area (Å²) in [4.78, 5) is 0. The summed E-state index contributed by atoms with van der Waals surface area (Å²) in [5, 5.41) is 3.52. The molecule has 1 aliphatic carbocycles. The third kappa shape index (κ3) is 3.15. The zero-order chi connectivity index (χ0) is 9.80. The molecule has 1 heteroatoms. The van der Waals surface area contributed by atoms with E-state index in [2.05, 4.69) is 36.5 Å². The summed E-state index contributed by atoms with van der Waals surface area (Å²) in [5.74, 6) is 0.993. The summed E-state index contributed by atoms with van der Waals surface area (Å²) in [6.07, 6.45) is 4.04. The first-order chi connectivity index (χ1) is 6.84. The van der Waals surface area contributed by atoms with Crippen LogP contribution in [-0.4, -0.2) is 13.1 Å². The third-order valence-electron chi connectivity index (χ3n) is 2.80. The molecule has 1 fully saturated rings. The van der Waals surface area contributed by atoms with E-state index in [4.69, 9.17) is 0 Å². The highest BCUT2D eigenvalue weighted by molar-refractivity contribution is 5.22. The standard InChI is InChI=1S/C13H19N/c1-11-3-2-4-12(9-11)7-8-14-10-13-5-6-13/h2-4,9,13-14H,5-8,10H2,1H3.